The van der Waals surface area contributed by atoms with Gasteiger partial charge in [-0.05, 0) is 33.7 Å². The summed E-state index contributed by atoms with van der Waals surface area (Å²) in [5, 5.41) is 5.42. The molecule has 7 heteroatoms. The highest BCUT2D eigenvalue weighted by Gasteiger charge is 2.32. The molecule has 0 radical (unpaired) electrons. The molecule has 7 nitrogen and oxygen atoms in total. The first-order valence-corrected chi connectivity index (χ1v) is 12.6. The molecule has 0 aliphatic heterocycles. The molecule has 0 aromatic heterocycles. The molecule has 3 aromatic rings. The number of esters is 1. The van der Waals surface area contributed by atoms with Gasteiger partial charge in [-0.25, -0.2) is 9.59 Å². The van der Waals surface area contributed by atoms with E-state index < -0.39 is 30.1 Å². The molecule has 0 heterocycles. The second-order valence-electron chi connectivity index (χ2n) is 9.46. The van der Waals surface area contributed by atoms with Gasteiger partial charge in [0.05, 0.1) is 0 Å². The zero-order valence-electron chi connectivity index (χ0n) is 21.6. The van der Waals surface area contributed by atoms with Gasteiger partial charge in [0.2, 0.25) is 5.91 Å². The summed E-state index contributed by atoms with van der Waals surface area (Å²) < 4.78 is 10.8. The SMILES string of the molecule is C=CCOC(=O)[C@@H](NC(=O)[C@@H](NC(=O)OCC1c2ccccc2-c2ccccc21)c1ccccc1)C(C)C. The predicted octanol–water partition coefficient (Wildman–Crippen LogP) is 5.14. The molecule has 0 unspecified atom stereocenters. The molecule has 2 amide bonds. The van der Waals surface area contributed by atoms with Gasteiger partial charge >= 0.3 is 12.1 Å². The van der Waals surface area contributed by atoms with E-state index in [0.29, 0.717) is 5.56 Å². The number of rotatable bonds is 10. The van der Waals surface area contributed by atoms with Crippen LogP contribution in [0.2, 0.25) is 0 Å². The van der Waals surface area contributed by atoms with Crippen LogP contribution in [0.3, 0.4) is 0 Å². The number of carbonyl (C=O) groups is 3. The summed E-state index contributed by atoms with van der Waals surface area (Å²) in [6.45, 7) is 7.30. The van der Waals surface area contributed by atoms with Crippen LogP contribution in [-0.4, -0.2) is 37.2 Å². The van der Waals surface area contributed by atoms with Crippen molar-refractivity contribution in [2.75, 3.05) is 13.2 Å². The Morgan fingerprint density at radius 1 is 0.842 bits per heavy atom. The minimum absolute atomic E-state index is 0.0397. The topological polar surface area (TPSA) is 93.7 Å². The molecule has 2 N–H and O–H groups in total. The molecule has 196 valence electrons. The highest BCUT2D eigenvalue weighted by molar-refractivity contribution is 5.90. The van der Waals surface area contributed by atoms with Gasteiger partial charge in [-0.1, -0.05) is 105 Å². The lowest BCUT2D eigenvalue weighted by atomic mass is 9.98. The Kier molecular flexibility index (Phi) is 8.58. The highest BCUT2D eigenvalue weighted by Crippen LogP contribution is 2.44. The average Bonchev–Trinajstić information content (AvgIpc) is 3.26. The van der Waals surface area contributed by atoms with Gasteiger partial charge in [0.15, 0.2) is 0 Å². The molecule has 38 heavy (non-hydrogen) atoms. The van der Waals surface area contributed by atoms with E-state index in [-0.39, 0.29) is 25.0 Å². The molecule has 0 fully saturated rings. The van der Waals surface area contributed by atoms with Crippen LogP contribution >= 0.6 is 0 Å². The van der Waals surface area contributed by atoms with E-state index in [4.69, 9.17) is 9.47 Å². The lowest BCUT2D eigenvalue weighted by Crippen LogP contribution is -2.50. The molecule has 1 aliphatic rings. The van der Waals surface area contributed by atoms with E-state index >= 15 is 0 Å². The molecule has 0 spiro atoms. The van der Waals surface area contributed by atoms with Gasteiger partial charge in [0, 0.05) is 5.92 Å². The molecule has 0 saturated carbocycles. The van der Waals surface area contributed by atoms with Crippen LogP contribution in [0.15, 0.2) is 91.5 Å². The maximum atomic E-state index is 13.4. The number of nitrogens with one attached hydrogen (secondary N) is 2. The minimum Gasteiger partial charge on any atom is -0.460 e. The number of hydrogen-bond acceptors (Lipinski definition) is 5. The van der Waals surface area contributed by atoms with Gasteiger partial charge in [-0.3, -0.25) is 4.79 Å². The number of benzene rings is 3. The number of amides is 2. The van der Waals surface area contributed by atoms with E-state index in [9.17, 15) is 14.4 Å². The predicted molar refractivity (Wildman–Crippen MR) is 145 cm³/mol. The van der Waals surface area contributed by atoms with Crippen molar-refractivity contribution < 1.29 is 23.9 Å². The van der Waals surface area contributed by atoms with Crippen molar-refractivity contribution in [3.63, 3.8) is 0 Å². The largest absolute Gasteiger partial charge is 0.460 e. The van der Waals surface area contributed by atoms with Crippen LogP contribution in [0.25, 0.3) is 11.1 Å². The molecule has 1 aliphatic carbocycles. The van der Waals surface area contributed by atoms with Crippen molar-refractivity contribution in [3.8, 4) is 11.1 Å². The lowest BCUT2D eigenvalue weighted by Gasteiger charge is -2.25. The normalized spacial score (nSPS) is 13.6. The Labute approximate surface area is 222 Å². The molecule has 3 aromatic carbocycles. The fraction of sp³-hybridized carbons (Fsp3) is 0.258. The first-order chi connectivity index (χ1) is 18.4. The van der Waals surface area contributed by atoms with Crippen molar-refractivity contribution in [3.05, 3.63) is 108 Å². The van der Waals surface area contributed by atoms with Crippen LogP contribution in [0.1, 0.15) is 42.5 Å². The summed E-state index contributed by atoms with van der Waals surface area (Å²) >= 11 is 0. The van der Waals surface area contributed by atoms with E-state index in [1.54, 1.807) is 38.1 Å². The molecule has 2 atom stereocenters. The van der Waals surface area contributed by atoms with Crippen molar-refractivity contribution in [1.29, 1.82) is 0 Å². The molecular formula is C31H32N2O5. The standard InChI is InChI=1S/C31H32N2O5/c1-4-18-37-30(35)27(20(2)3)32-29(34)28(21-12-6-5-7-13-21)33-31(36)38-19-26-24-16-10-8-14-22(24)23-15-9-11-17-25(23)26/h4-17,20,26-28H,1,18-19H2,2-3H3,(H,32,34)(H,33,36)/t27-,28-/m0/s1. The van der Waals surface area contributed by atoms with Crippen molar-refractivity contribution in [1.82, 2.24) is 10.6 Å². The summed E-state index contributed by atoms with van der Waals surface area (Å²) in [5.41, 5.74) is 5.00. The molecular weight excluding hydrogens is 480 g/mol. The molecule has 4 rings (SSSR count). The number of hydrogen-bond donors (Lipinski definition) is 2. The third kappa shape index (κ3) is 5.94. The summed E-state index contributed by atoms with van der Waals surface area (Å²) in [6.07, 6.45) is 0.731. The number of ether oxygens (including phenoxy) is 2. The van der Waals surface area contributed by atoms with Crippen molar-refractivity contribution in [2.45, 2.75) is 31.8 Å². The summed E-state index contributed by atoms with van der Waals surface area (Å²) in [6, 6.07) is 23.0. The van der Waals surface area contributed by atoms with Crippen LogP contribution < -0.4 is 10.6 Å². The summed E-state index contributed by atoms with van der Waals surface area (Å²) in [4.78, 5) is 38.9. The first-order valence-electron chi connectivity index (χ1n) is 12.6. The second kappa shape index (κ2) is 12.2. The average molecular weight is 513 g/mol. The smallest absolute Gasteiger partial charge is 0.408 e. The Balaban J connectivity index is 1.48. The molecule has 0 saturated heterocycles. The Morgan fingerprint density at radius 2 is 1.42 bits per heavy atom. The zero-order valence-corrected chi connectivity index (χ0v) is 21.6. The van der Waals surface area contributed by atoms with Crippen LogP contribution in [0, 0.1) is 5.92 Å². The number of carbonyl (C=O) groups excluding carboxylic acids is 3. The van der Waals surface area contributed by atoms with Crippen LogP contribution in [0.5, 0.6) is 0 Å². The van der Waals surface area contributed by atoms with Gasteiger partial charge in [-0.15, -0.1) is 0 Å². The zero-order chi connectivity index (χ0) is 27.1. The minimum atomic E-state index is -1.07. The van der Waals surface area contributed by atoms with Gasteiger partial charge in [0.1, 0.15) is 25.3 Å². The van der Waals surface area contributed by atoms with E-state index in [1.807, 2.05) is 42.5 Å². The molecule has 0 bridgehead atoms. The fourth-order valence-corrected chi connectivity index (χ4v) is 4.67. The number of fused-ring (bicyclic) bond motifs is 3. The highest BCUT2D eigenvalue weighted by atomic mass is 16.5. The Hall–Kier alpha value is -4.39. The van der Waals surface area contributed by atoms with Crippen LogP contribution in [-0.2, 0) is 19.1 Å². The van der Waals surface area contributed by atoms with Gasteiger partial charge < -0.3 is 20.1 Å². The quantitative estimate of drug-likeness (QED) is 0.290. The van der Waals surface area contributed by atoms with Crippen molar-refractivity contribution in [2.24, 2.45) is 5.92 Å². The van der Waals surface area contributed by atoms with Crippen molar-refractivity contribution >= 4 is 18.0 Å². The van der Waals surface area contributed by atoms with E-state index in [1.165, 1.54) is 6.08 Å². The summed E-state index contributed by atoms with van der Waals surface area (Å²) in [7, 11) is 0. The Bertz CT molecular complexity index is 1260. The maximum Gasteiger partial charge on any atom is 0.408 e. The maximum absolute atomic E-state index is 13.4. The second-order valence-corrected chi connectivity index (χ2v) is 9.46. The Morgan fingerprint density at radius 3 is 2.00 bits per heavy atom. The third-order valence-electron chi connectivity index (χ3n) is 6.56. The number of alkyl carbamates (subject to hydrolysis) is 1. The van der Waals surface area contributed by atoms with Gasteiger partial charge in [-0.2, -0.15) is 0 Å². The lowest BCUT2D eigenvalue weighted by molar-refractivity contribution is -0.148. The van der Waals surface area contributed by atoms with Crippen LogP contribution in [0.4, 0.5) is 4.79 Å². The van der Waals surface area contributed by atoms with E-state index in [0.717, 1.165) is 22.3 Å². The first kappa shape index (κ1) is 26.7. The fourth-order valence-electron chi connectivity index (χ4n) is 4.67. The third-order valence-corrected chi connectivity index (χ3v) is 6.56. The monoisotopic (exact) mass is 512 g/mol. The summed E-state index contributed by atoms with van der Waals surface area (Å²) in [5.74, 6) is -1.45. The van der Waals surface area contributed by atoms with Gasteiger partial charge in [0.25, 0.3) is 0 Å². The van der Waals surface area contributed by atoms with E-state index in [2.05, 4.69) is 29.3 Å².